The van der Waals surface area contributed by atoms with Crippen molar-refractivity contribution in [2.24, 2.45) is 0 Å². The molecule has 0 fully saturated rings. The number of carbonyl (C=O) groups excluding carboxylic acids is 1. The molecule has 0 saturated carbocycles. The maximum absolute atomic E-state index is 12.9. The van der Waals surface area contributed by atoms with Crippen molar-refractivity contribution in [3.63, 3.8) is 0 Å². The molecule has 2 amide bonds. The van der Waals surface area contributed by atoms with Crippen LogP contribution in [0, 0.1) is 5.82 Å². The first-order valence-corrected chi connectivity index (χ1v) is 6.56. The van der Waals surface area contributed by atoms with Gasteiger partial charge in [-0.2, -0.15) is 0 Å². The zero-order valence-corrected chi connectivity index (χ0v) is 12.2. The van der Waals surface area contributed by atoms with E-state index in [0.29, 0.717) is 0 Å². The van der Waals surface area contributed by atoms with Gasteiger partial charge >= 0.3 is 18.0 Å². The fraction of sp³-hybridized carbons (Fsp3) is 0.250. The largest absolute Gasteiger partial charge is 0.481 e. The molecule has 0 heterocycles. The highest BCUT2D eigenvalue weighted by Gasteiger charge is 2.21. The van der Waals surface area contributed by atoms with Crippen LogP contribution in [0.4, 0.5) is 14.9 Å². The molecule has 1 aromatic rings. The van der Waals surface area contributed by atoms with Crippen LogP contribution in [0.1, 0.15) is 12.8 Å². The first kappa shape index (κ1) is 16.9. The van der Waals surface area contributed by atoms with Crippen LogP contribution in [-0.2, 0) is 9.59 Å². The minimum atomic E-state index is -1.34. The summed E-state index contributed by atoms with van der Waals surface area (Å²) in [5, 5.41) is 21.9. The van der Waals surface area contributed by atoms with Crippen LogP contribution in [0.2, 0.25) is 0 Å². The van der Waals surface area contributed by atoms with E-state index in [1.54, 1.807) is 0 Å². The van der Waals surface area contributed by atoms with Crippen LogP contribution < -0.4 is 10.6 Å². The topological polar surface area (TPSA) is 116 Å². The standard InChI is InChI=1S/C12H12BrFN2O5/c13-7-5-6(14)1-2-8(7)15-12(21)16-9(11(19)20)3-4-10(17)18/h1-2,5,9H,3-4H2,(H,17,18)(H,19,20)(H2,15,16,21)/t9-/m0/s1. The predicted molar refractivity (Wildman–Crippen MR) is 74.5 cm³/mol. The molecule has 0 aliphatic heterocycles. The van der Waals surface area contributed by atoms with Crippen molar-refractivity contribution in [1.82, 2.24) is 5.32 Å². The number of rotatable bonds is 6. The van der Waals surface area contributed by atoms with Crippen LogP contribution in [0.15, 0.2) is 22.7 Å². The Morgan fingerprint density at radius 2 is 1.95 bits per heavy atom. The number of benzene rings is 1. The second-order valence-corrected chi connectivity index (χ2v) is 4.90. The molecule has 4 N–H and O–H groups in total. The van der Waals surface area contributed by atoms with E-state index in [-0.39, 0.29) is 16.6 Å². The Morgan fingerprint density at radius 1 is 1.29 bits per heavy atom. The van der Waals surface area contributed by atoms with Crippen molar-refractivity contribution in [3.8, 4) is 0 Å². The molecule has 7 nitrogen and oxygen atoms in total. The number of urea groups is 1. The van der Waals surface area contributed by atoms with E-state index in [2.05, 4.69) is 26.6 Å². The third-order valence-electron chi connectivity index (χ3n) is 2.43. The maximum atomic E-state index is 12.9. The van der Waals surface area contributed by atoms with Gasteiger partial charge in [0.25, 0.3) is 0 Å². The summed E-state index contributed by atoms with van der Waals surface area (Å²) < 4.78 is 13.2. The molecule has 0 aromatic heterocycles. The molecule has 0 bridgehead atoms. The van der Waals surface area contributed by atoms with Crippen molar-refractivity contribution < 1.29 is 29.0 Å². The quantitative estimate of drug-likeness (QED) is 0.617. The summed E-state index contributed by atoms with van der Waals surface area (Å²) in [6, 6.07) is 1.39. The van der Waals surface area contributed by atoms with Gasteiger partial charge in [-0.25, -0.2) is 14.0 Å². The number of carbonyl (C=O) groups is 3. The second-order valence-electron chi connectivity index (χ2n) is 4.05. The predicted octanol–water partition coefficient (Wildman–Crippen LogP) is 2.03. The summed E-state index contributed by atoms with van der Waals surface area (Å²) in [5.74, 6) is -3.01. The van der Waals surface area contributed by atoms with Crippen LogP contribution in [0.5, 0.6) is 0 Å². The molecule has 1 aromatic carbocycles. The Bertz CT molecular complexity index is 567. The molecule has 0 unspecified atom stereocenters. The normalized spacial score (nSPS) is 11.5. The summed E-state index contributed by atoms with van der Waals surface area (Å²) >= 11 is 3.04. The summed E-state index contributed by atoms with van der Waals surface area (Å²) in [7, 11) is 0. The highest BCUT2D eigenvalue weighted by atomic mass is 79.9. The van der Waals surface area contributed by atoms with Gasteiger partial charge < -0.3 is 20.8 Å². The number of hydrogen-bond donors (Lipinski definition) is 4. The van der Waals surface area contributed by atoms with E-state index >= 15 is 0 Å². The molecule has 0 spiro atoms. The van der Waals surface area contributed by atoms with Crippen LogP contribution in [-0.4, -0.2) is 34.2 Å². The molecule has 0 radical (unpaired) electrons. The molecular formula is C12H12BrFN2O5. The maximum Gasteiger partial charge on any atom is 0.326 e. The fourth-order valence-corrected chi connectivity index (χ4v) is 1.88. The van der Waals surface area contributed by atoms with Crippen LogP contribution in [0.25, 0.3) is 0 Å². The number of halogens is 2. The van der Waals surface area contributed by atoms with Crippen molar-refractivity contribution >= 4 is 39.6 Å². The highest BCUT2D eigenvalue weighted by Crippen LogP contribution is 2.22. The molecule has 0 saturated heterocycles. The average molecular weight is 363 g/mol. The van der Waals surface area contributed by atoms with Gasteiger partial charge in [0.15, 0.2) is 0 Å². The second kappa shape index (κ2) is 7.58. The Hall–Kier alpha value is -2.16. The molecule has 9 heteroatoms. The Morgan fingerprint density at radius 3 is 2.48 bits per heavy atom. The SMILES string of the molecule is O=C(O)CC[C@H](NC(=O)Nc1ccc(F)cc1Br)C(=O)O. The van der Waals surface area contributed by atoms with E-state index < -0.39 is 36.2 Å². The molecule has 0 aliphatic rings. The number of aliphatic carboxylic acids is 2. The Balaban J connectivity index is 2.65. The zero-order chi connectivity index (χ0) is 16.0. The van der Waals surface area contributed by atoms with Gasteiger partial charge in [-0.05, 0) is 40.5 Å². The summed E-state index contributed by atoms with van der Waals surface area (Å²) in [6.45, 7) is 0. The minimum absolute atomic E-state index is 0.247. The first-order valence-electron chi connectivity index (χ1n) is 5.76. The summed E-state index contributed by atoms with van der Waals surface area (Å²) in [5.41, 5.74) is 0.247. The lowest BCUT2D eigenvalue weighted by atomic mass is 10.1. The molecule has 1 rings (SSSR count). The van der Waals surface area contributed by atoms with Gasteiger partial charge in [0, 0.05) is 10.9 Å². The van der Waals surface area contributed by atoms with Crippen molar-refractivity contribution in [1.29, 1.82) is 0 Å². The highest BCUT2D eigenvalue weighted by molar-refractivity contribution is 9.10. The first-order chi connectivity index (χ1) is 9.79. The Labute approximate surface area is 127 Å². The van der Waals surface area contributed by atoms with E-state index in [0.717, 1.165) is 12.1 Å². The van der Waals surface area contributed by atoms with E-state index in [4.69, 9.17) is 10.2 Å². The molecule has 21 heavy (non-hydrogen) atoms. The number of anilines is 1. The lowest BCUT2D eigenvalue weighted by Gasteiger charge is -2.14. The smallest absolute Gasteiger partial charge is 0.326 e. The number of amides is 2. The van der Waals surface area contributed by atoms with Gasteiger partial charge in [-0.15, -0.1) is 0 Å². The van der Waals surface area contributed by atoms with Crippen LogP contribution in [0.3, 0.4) is 0 Å². The van der Waals surface area contributed by atoms with Crippen molar-refractivity contribution in [2.75, 3.05) is 5.32 Å². The lowest BCUT2D eigenvalue weighted by Crippen LogP contribution is -2.43. The number of carboxylic acids is 2. The number of carboxylic acid groups (broad SMARTS) is 2. The lowest BCUT2D eigenvalue weighted by molar-refractivity contribution is -0.140. The molecule has 0 aliphatic carbocycles. The summed E-state index contributed by atoms with van der Waals surface area (Å²) in [6.07, 6.45) is -0.639. The third-order valence-corrected chi connectivity index (χ3v) is 3.09. The number of nitrogens with one attached hydrogen (secondary N) is 2. The molecular weight excluding hydrogens is 351 g/mol. The van der Waals surface area contributed by atoms with Gasteiger partial charge in [0.05, 0.1) is 5.69 Å². The van der Waals surface area contributed by atoms with Gasteiger partial charge in [0.1, 0.15) is 11.9 Å². The van der Waals surface area contributed by atoms with Gasteiger partial charge in [0.2, 0.25) is 0 Å². The van der Waals surface area contributed by atoms with Crippen molar-refractivity contribution in [2.45, 2.75) is 18.9 Å². The zero-order valence-electron chi connectivity index (χ0n) is 10.6. The number of hydrogen-bond acceptors (Lipinski definition) is 3. The summed E-state index contributed by atoms with van der Waals surface area (Å²) in [4.78, 5) is 33.0. The Kier molecular flexibility index (Phi) is 6.10. The third kappa shape index (κ3) is 5.78. The van der Waals surface area contributed by atoms with E-state index in [1.807, 2.05) is 0 Å². The van der Waals surface area contributed by atoms with E-state index in [9.17, 15) is 18.8 Å². The average Bonchev–Trinajstić information content (AvgIpc) is 2.37. The van der Waals surface area contributed by atoms with Crippen LogP contribution >= 0.6 is 15.9 Å². The van der Waals surface area contributed by atoms with Crippen molar-refractivity contribution in [3.05, 3.63) is 28.5 Å². The van der Waals surface area contributed by atoms with Gasteiger partial charge in [-0.1, -0.05) is 0 Å². The monoisotopic (exact) mass is 362 g/mol. The fourth-order valence-electron chi connectivity index (χ4n) is 1.43. The minimum Gasteiger partial charge on any atom is -0.481 e. The van der Waals surface area contributed by atoms with Gasteiger partial charge in [-0.3, -0.25) is 4.79 Å². The molecule has 1 atom stereocenters. The molecule has 114 valence electrons. The van der Waals surface area contributed by atoms with E-state index in [1.165, 1.54) is 6.07 Å².